The van der Waals surface area contributed by atoms with Gasteiger partial charge in [-0.25, -0.2) is 4.98 Å². The molecule has 1 heterocycles. The van der Waals surface area contributed by atoms with Crippen LogP contribution in [0.4, 0.5) is 0 Å². The first-order chi connectivity index (χ1) is 7.81. The third-order valence-electron chi connectivity index (χ3n) is 1.74. The van der Waals surface area contributed by atoms with Crippen LogP contribution >= 0.6 is 22.9 Å². The van der Waals surface area contributed by atoms with Gasteiger partial charge in [0.25, 0.3) is 0 Å². The van der Waals surface area contributed by atoms with Gasteiger partial charge in [0.15, 0.2) is 6.29 Å². The Hall–Kier alpha value is -1.19. The first-order valence-corrected chi connectivity index (χ1v) is 6.17. The summed E-state index contributed by atoms with van der Waals surface area (Å²) in [5.74, 6) is 0. The van der Waals surface area contributed by atoms with Crippen molar-refractivity contribution in [1.82, 2.24) is 4.98 Å². The molecule has 0 unspecified atom stereocenters. The summed E-state index contributed by atoms with van der Waals surface area (Å²) in [4.78, 5) is 14.6. The van der Waals surface area contributed by atoms with E-state index in [1.807, 2.05) is 44.2 Å². The van der Waals surface area contributed by atoms with Gasteiger partial charge in [-0.1, -0.05) is 55.8 Å². The SMILES string of the molecule is CC.O=Cc1nc(-c2ccccc2)sc1Cl. The van der Waals surface area contributed by atoms with E-state index in [-0.39, 0.29) is 0 Å². The number of carbonyl (C=O) groups excluding carboxylic acids is 1. The van der Waals surface area contributed by atoms with E-state index in [0.717, 1.165) is 10.6 Å². The predicted octanol–water partition coefficient (Wildman–Crippen LogP) is 4.30. The summed E-state index contributed by atoms with van der Waals surface area (Å²) >= 11 is 7.13. The van der Waals surface area contributed by atoms with E-state index in [4.69, 9.17) is 11.6 Å². The molecule has 16 heavy (non-hydrogen) atoms. The number of aldehydes is 1. The highest BCUT2D eigenvalue weighted by Gasteiger charge is 2.09. The maximum absolute atomic E-state index is 10.5. The molecule has 0 N–H and O–H groups in total. The molecule has 0 amide bonds. The van der Waals surface area contributed by atoms with Gasteiger partial charge in [-0.05, 0) is 0 Å². The number of halogens is 1. The predicted molar refractivity (Wildman–Crippen MR) is 69.3 cm³/mol. The van der Waals surface area contributed by atoms with Crippen molar-refractivity contribution in [1.29, 1.82) is 0 Å². The molecule has 0 spiro atoms. The minimum Gasteiger partial charge on any atom is -0.296 e. The largest absolute Gasteiger partial charge is 0.296 e. The summed E-state index contributed by atoms with van der Waals surface area (Å²) in [6, 6.07) is 9.64. The van der Waals surface area contributed by atoms with E-state index in [1.165, 1.54) is 11.3 Å². The molecule has 0 aliphatic rings. The van der Waals surface area contributed by atoms with E-state index in [2.05, 4.69) is 4.98 Å². The van der Waals surface area contributed by atoms with Crippen molar-refractivity contribution in [2.75, 3.05) is 0 Å². The topological polar surface area (TPSA) is 30.0 Å². The van der Waals surface area contributed by atoms with Crippen LogP contribution in [0.3, 0.4) is 0 Å². The van der Waals surface area contributed by atoms with Crippen molar-refractivity contribution in [2.45, 2.75) is 13.8 Å². The molecule has 84 valence electrons. The van der Waals surface area contributed by atoms with Crippen LogP contribution < -0.4 is 0 Å². The van der Waals surface area contributed by atoms with Crippen molar-refractivity contribution < 1.29 is 4.79 Å². The van der Waals surface area contributed by atoms with Crippen molar-refractivity contribution in [3.63, 3.8) is 0 Å². The Bertz CT molecular complexity index is 453. The lowest BCUT2D eigenvalue weighted by Crippen LogP contribution is -1.80. The summed E-state index contributed by atoms with van der Waals surface area (Å²) in [6.07, 6.45) is 0.672. The molecule has 0 atom stereocenters. The zero-order valence-electron chi connectivity index (χ0n) is 9.11. The van der Waals surface area contributed by atoms with Gasteiger partial charge >= 0.3 is 0 Å². The van der Waals surface area contributed by atoms with Crippen LogP contribution in [0.2, 0.25) is 4.34 Å². The van der Waals surface area contributed by atoms with Crippen LogP contribution in [0.15, 0.2) is 30.3 Å². The first-order valence-electron chi connectivity index (χ1n) is 4.98. The molecule has 1 aromatic carbocycles. The van der Waals surface area contributed by atoms with Crippen molar-refractivity contribution >= 4 is 29.2 Å². The Balaban J connectivity index is 0.000000606. The van der Waals surface area contributed by atoms with Crippen LogP contribution in [0, 0.1) is 0 Å². The van der Waals surface area contributed by atoms with Crippen LogP contribution in [-0.4, -0.2) is 11.3 Å². The number of hydrogen-bond donors (Lipinski definition) is 0. The van der Waals surface area contributed by atoms with E-state index in [0.29, 0.717) is 16.3 Å². The highest BCUT2D eigenvalue weighted by Crippen LogP contribution is 2.30. The van der Waals surface area contributed by atoms with Crippen molar-refractivity contribution in [2.24, 2.45) is 0 Å². The minimum absolute atomic E-state index is 0.315. The number of benzene rings is 1. The molecule has 2 aromatic rings. The quantitative estimate of drug-likeness (QED) is 0.747. The highest BCUT2D eigenvalue weighted by atomic mass is 35.5. The number of carbonyl (C=O) groups is 1. The number of nitrogens with zero attached hydrogens (tertiary/aromatic N) is 1. The first kappa shape index (κ1) is 12.9. The van der Waals surface area contributed by atoms with Crippen LogP contribution in [0.25, 0.3) is 10.6 Å². The molecule has 1 aromatic heterocycles. The summed E-state index contributed by atoms with van der Waals surface area (Å²) in [5, 5.41) is 0.776. The Morgan fingerprint density at radius 1 is 1.25 bits per heavy atom. The fourth-order valence-electron chi connectivity index (χ4n) is 1.09. The van der Waals surface area contributed by atoms with Crippen LogP contribution in [-0.2, 0) is 0 Å². The molecular formula is C12H12ClNOS. The van der Waals surface area contributed by atoms with Gasteiger partial charge in [-0.3, -0.25) is 4.79 Å². The molecular weight excluding hydrogens is 242 g/mol. The summed E-state index contributed by atoms with van der Waals surface area (Å²) in [6.45, 7) is 4.00. The fourth-order valence-corrected chi connectivity index (χ4v) is 2.16. The molecule has 0 saturated heterocycles. The van der Waals surface area contributed by atoms with E-state index in [1.54, 1.807) is 0 Å². The van der Waals surface area contributed by atoms with Gasteiger partial charge < -0.3 is 0 Å². The monoisotopic (exact) mass is 253 g/mol. The van der Waals surface area contributed by atoms with Crippen molar-refractivity contribution in [3.8, 4) is 10.6 Å². The van der Waals surface area contributed by atoms with Gasteiger partial charge in [-0.2, -0.15) is 0 Å². The molecule has 2 rings (SSSR count). The van der Waals surface area contributed by atoms with Crippen molar-refractivity contribution in [3.05, 3.63) is 40.4 Å². The zero-order valence-corrected chi connectivity index (χ0v) is 10.7. The maximum Gasteiger partial charge on any atom is 0.170 e. The summed E-state index contributed by atoms with van der Waals surface area (Å²) < 4.78 is 0.443. The summed E-state index contributed by atoms with van der Waals surface area (Å²) in [7, 11) is 0. The molecule has 4 heteroatoms. The lowest BCUT2D eigenvalue weighted by molar-refractivity contribution is 0.112. The maximum atomic E-state index is 10.5. The Morgan fingerprint density at radius 3 is 2.38 bits per heavy atom. The summed E-state index contributed by atoms with van der Waals surface area (Å²) in [5.41, 5.74) is 1.29. The molecule has 2 nitrogen and oxygen atoms in total. The lowest BCUT2D eigenvalue weighted by atomic mass is 10.2. The molecule has 0 fully saturated rings. The average molecular weight is 254 g/mol. The normalized spacial score (nSPS) is 9.19. The van der Waals surface area contributed by atoms with Gasteiger partial charge in [-0.15, -0.1) is 11.3 Å². The molecule has 0 radical (unpaired) electrons. The third-order valence-corrected chi connectivity index (χ3v) is 3.08. The Kier molecular flexibility index (Phi) is 5.15. The molecule has 0 aliphatic carbocycles. The lowest BCUT2D eigenvalue weighted by Gasteiger charge is -1.92. The van der Waals surface area contributed by atoms with Gasteiger partial charge in [0.1, 0.15) is 15.0 Å². The highest BCUT2D eigenvalue weighted by molar-refractivity contribution is 7.19. The molecule has 0 bridgehead atoms. The number of aromatic nitrogens is 1. The third kappa shape index (κ3) is 2.90. The van der Waals surface area contributed by atoms with Gasteiger partial charge in [0, 0.05) is 5.56 Å². The van der Waals surface area contributed by atoms with Gasteiger partial charge in [0.05, 0.1) is 0 Å². The van der Waals surface area contributed by atoms with Gasteiger partial charge in [0.2, 0.25) is 0 Å². The second kappa shape index (κ2) is 6.40. The Labute approximate surface area is 104 Å². The smallest absolute Gasteiger partial charge is 0.170 e. The number of rotatable bonds is 2. The second-order valence-electron chi connectivity index (χ2n) is 2.66. The zero-order chi connectivity index (χ0) is 12.0. The Morgan fingerprint density at radius 2 is 1.88 bits per heavy atom. The average Bonchev–Trinajstić information content (AvgIpc) is 2.74. The van der Waals surface area contributed by atoms with E-state index in [9.17, 15) is 4.79 Å². The fraction of sp³-hybridized carbons (Fsp3) is 0.167. The van der Waals surface area contributed by atoms with E-state index < -0.39 is 0 Å². The molecule has 0 aliphatic heterocycles. The van der Waals surface area contributed by atoms with Crippen LogP contribution in [0.1, 0.15) is 24.3 Å². The number of thiazole rings is 1. The minimum atomic E-state index is 0.315. The standard InChI is InChI=1S/C10H6ClNOS.C2H6/c11-9-8(6-13)12-10(14-9)7-4-2-1-3-5-7;1-2/h1-6H;1-2H3. The number of hydrogen-bond acceptors (Lipinski definition) is 3. The van der Waals surface area contributed by atoms with Crippen LogP contribution in [0.5, 0.6) is 0 Å². The second-order valence-corrected chi connectivity index (χ2v) is 4.26. The molecule has 0 saturated carbocycles. The van der Waals surface area contributed by atoms with E-state index >= 15 is 0 Å².